The Kier molecular flexibility index (Phi) is 2.71. The fraction of sp³-hybridized carbons (Fsp3) is 0.400. The van der Waals surface area contributed by atoms with Gasteiger partial charge >= 0.3 is 0 Å². The van der Waals surface area contributed by atoms with Crippen LogP contribution in [0.3, 0.4) is 0 Å². The van der Waals surface area contributed by atoms with Gasteiger partial charge in [0.25, 0.3) is 0 Å². The van der Waals surface area contributed by atoms with Gasteiger partial charge in [-0.1, -0.05) is 6.92 Å². The van der Waals surface area contributed by atoms with Crippen molar-refractivity contribution in [1.82, 2.24) is 0 Å². The molecule has 1 aromatic carbocycles. The van der Waals surface area contributed by atoms with E-state index in [0.29, 0.717) is 0 Å². The zero-order valence-electron chi connectivity index (χ0n) is 7.46. The molecule has 0 radical (unpaired) electrons. The van der Waals surface area contributed by atoms with Crippen LogP contribution in [0.15, 0.2) is 12.1 Å². The van der Waals surface area contributed by atoms with E-state index in [1.807, 2.05) is 13.8 Å². The van der Waals surface area contributed by atoms with Crippen molar-refractivity contribution in [2.45, 2.75) is 26.9 Å². The van der Waals surface area contributed by atoms with Gasteiger partial charge < -0.3 is 10.2 Å². The maximum atomic E-state index is 9.26. The lowest BCUT2D eigenvalue weighted by atomic mass is 10.0. The molecule has 1 aromatic rings. The molecule has 2 heteroatoms. The molecule has 2 nitrogen and oxygen atoms in total. The summed E-state index contributed by atoms with van der Waals surface area (Å²) < 4.78 is 0. The SMILES string of the molecule is CCc1cc(O)cc(C)c1CO. The maximum absolute atomic E-state index is 9.26. The van der Waals surface area contributed by atoms with Gasteiger partial charge in [-0.05, 0) is 42.2 Å². The molecular weight excluding hydrogens is 152 g/mol. The lowest BCUT2D eigenvalue weighted by Gasteiger charge is -2.09. The molecule has 0 fully saturated rings. The van der Waals surface area contributed by atoms with E-state index in [0.717, 1.165) is 23.1 Å². The normalized spacial score (nSPS) is 10.2. The zero-order valence-corrected chi connectivity index (χ0v) is 7.46. The third kappa shape index (κ3) is 1.59. The molecule has 0 atom stereocenters. The van der Waals surface area contributed by atoms with Gasteiger partial charge in [-0.25, -0.2) is 0 Å². The number of rotatable bonds is 2. The van der Waals surface area contributed by atoms with Gasteiger partial charge in [0.15, 0.2) is 0 Å². The molecule has 0 unspecified atom stereocenters. The Balaban J connectivity index is 3.24. The minimum absolute atomic E-state index is 0.0509. The van der Waals surface area contributed by atoms with Crippen LogP contribution in [0.25, 0.3) is 0 Å². The molecule has 0 aliphatic heterocycles. The monoisotopic (exact) mass is 166 g/mol. The van der Waals surface area contributed by atoms with E-state index in [-0.39, 0.29) is 12.4 Å². The Morgan fingerprint density at radius 1 is 1.33 bits per heavy atom. The summed E-state index contributed by atoms with van der Waals surface area (Å²) in [5.41, 5.74) is 2.92. The number of aryl methyl sites for hydroxylation is 2. The Hall–Kier alpha value is -1.02. The van der Waals surface area contributed by atoms with Crippen LogP contribution in [0.1, 0.15) is 23.6 Å². The molecule has 12 heavy (non-hydrogen) atoms. The summed E-state index contributed by atoms with van der Waals surface area (Å²) in [7, 11) is 0. The summed E-state index contributed by atoms with van der Waals surface area (Å²) in [6.07, 6.45) is 0.838. The minimum Gasteiger partial charge on any atom is -0.508 e. The molecule has 0 aliphatic rings. The van der Waals surface area contributed by atoms with E-state index in [4.69, 9.17) is 5.11 Å². The molecule has 1 rings (SSSR count). The molecule has 0 aromatic heterocycles. The molecule has 0 aliphatic carbocycles. The second kappa shape index (κ2) is 3.59. The van der Waals surface area contributed by atoms with Crippen molar-refractivity contribution in [2.75, 3.05) is 0 Å². The fourth-order valence-corrected chi connectivity index (χ4v) is 1.41. The van der Waals surface area contributed by atoms with Crippen LogP contribution < -0.4 is 0 Å². The van der Waals surface area contributed by atoms with E-state index in [2.05, 4.69) is 0 Å². The highest BCUT2D eigenvalue weighted by atomic mass is 16.3. The molecule has 0 saturated heterocycles. The maximum Gasteiger partial charge on any atom is 0.116 e. The topological polar surface area (TPSA) is 40.5 Å². The van der Waals surface area contributed by atoms with E-state index in [9.17, 15) is 5.11 Å². The quantitative estimate of drug-likeness (QED) is 0.702. The van der Waals surface area contributed by atoms with Gasteiger partial charge in [0.05, 0.1) is 6.61 Å². The number of phenolic OH excluding ortho intramolecular Hbond substituents is 1. The van der Waals surface area contributed by atoms with E-state index < -0.39 is 0 Å². The minimum atomic E-state index is 0.0509. The number of benzene rings is 1. The first-order valence-electron chi connectivity index (χ1n) is 4.11. The van der Waals surface area contributed by atoms with Crippen LogP contribution in [0, 0.1) is 6.92 Å². The number of aromatic hydroxyl groups is 1. The number of hydrogen-bond donors (Lipinski definition) is 2. The molecular formula is C10H14O2. The third-order valence-electron chi connectivity index (χ3n) is 2.09. The molecule has 0 amide bonds. The zero-order chi connectivity index (χ0) is 9.14. The lowest BCUT2D eigenvalue weighted by molar-refractivity contribution is 0.279. The molecule has 2 N–H and O–H groups in total. The van der Waals surface area contributed by atoms with Crippen LogP contribution >= 0.6 is 0 Å². The lowest BCUT2D eigenvalue weighted by Crippen LogP contribution is -1.95. The van der Waals surface area contributed by atoms with Crippen molar-refractivity contribution in [1.29, 1.82) is 0 Å². The average molecular weight is 166 g/mol. The van der Waals surface area contributed by atoms with Crippen molar-refractivity contribution in [3.63, 3.8) is 0 Å². The van der Waals surface area contributed by atoms with Crippen molar-refractivity contribution in [3.05, 3.63) is 28.8 Å². The number of aliphatic hydroxyl groups excluding tert-OH is 1. The summed E-state index contributed by atoms with van der Waals surface area (Å²) in [4.78, 5) is 0. The van der Waals surface area contributed by atoms with Crippen molar-refractivity contribution < 1.29 is 10.2 Å². The highest BCUT2D eigenvalue weighted by Crippen LogP contribution is 2.21. The van der Waals surface area contributed by atoms with Gasteiger partial charge in [0.2, 0.25) is 0 Å². The number of hydrogen-bond acceptors (Lipinski definition) is 2. The Bertz CT molecular complexity index is 279. The van der Waals surface area contributed by atoms with Crippen molar-refractivity contribution in [2.24, 2.45) is 0 Å². The highest BCUT2D eigenvalue weighted by molar-refractivity contribution is 5.40. The van der Waals surface area contributed by atoms with Gasteiger partial charge in [0.1, 0.15) is 5.75 Å². The Labute approximate surface area is 72.5 Å². The summed E-state index contributed by atoms with van der Waals surface area (Å²) in [5.74, 6) is 0.279. The predicted octanol–water partition coefficient (Wildman–Crippen LogP) is 1.76. The third-order valence-corrected chi connectivity index (χ3v) is 2.09. The van der Waals surface area contributed by atoms with Crippen LogP contribution in [0.5, 0.6) is 5.75 Å². The number of aliphatic hydroxyl groups is 1. The fourth-order valence-electron chi connectivity index (χ4n) is 1.41. The van der Waals surface area contributed by atoms with Gasteiger partial charge in [-0.15, -0.1) is 0 Å². The standard InChI is InChI=1S/C10H14O2/c1-3-8-5-9(12)4-7(2)10(8)6-11/h4-5,11-12H,3,6H2,1-2H3. The van der Waals surface area contributed by atoms with E-state index >= 15 is 0 Å². The van der Waals surface area contributed by atoms with Gasteiger partial charge in [-0.3, -0.25) is 0 Å². The molecule has 0 heterocycles. The summed E-state index contributed by atoms with van der Waals surface area (Å²) in [5, 5.41) is 18.3. The average Bonchev–Trinajstić information content (AvgIpc) is 2.03. The first-order chi connectivity index (χ1) is 5.69. The second-order valence-corrected chi connectivity index (χ2v) is 2.91. The Morgan fingerprint density at radius 2 is 2.00 bits per heavy atom. The van der Waals surface area contributed by atoms with E-state index in [1.54, 1.807) is 12.1 Å². The highest BCUT2D eigenvalue weighted by Gasteiger charge is 2.04. The van der Waals surface area contributed by atoms with Gasteiger partial charge in [0, 0.05) is 0 Å². The molecule has 0 spiro atoms. The van der Waals surface area contributed by atoms with Crippen LogP contribution in [0.2, 0.25) is 0 Å². The van der Waals surface area contributed by atoms with E-state index in [1.165, 1.54) is 0 Å². The summed E-state index contributed by atoms with van der Waals surface area (Å²) in [6.45, 7) is 3.95. The smallest absolute Gasteiger partial charge is 0.116 e. The molecule has 0 bridgehead atoms. The van der Waals surface area contributed by atoms with Crippen molar-refractivity contribution >= 4 is 0 Å². The molecule has 66 valence electrons. The molecule has 0 saturated carbocycles. The Morgan fingerprint density at radius 3 is 2.50 bits per heavy atom. The largest absolute Gasteiger partial charge is 0.508 e. The van der Waals surface area contributed by atoms with Crippen molar-refractivity contribution in [3.8, 4) is 5.75 Å². The number of phenols is 1. The van der Waals surface area contributed by atoms with Crippen LogP contribution in [-0.4, -0.2) is 10.2 Å². The predicted molar refractivity (Wildman–Crippen MR) is 48.1 cm³/mol. The summed E-state index contributed by atoms with van der Waals surface area (Å²) >= 11 is 0. The second-order valence-electron chi connectivity index (χ2n) is 2.91. The van der Waals surface area contributed by atoms with Crippen LogP contribution in [-0.2, 0) is 13.0 Å². The first-order valence-corrected chi connectivity index (χ1v) is 4.11. The van der Waals surface area contributed by atoms with Gasteiger partial charge in [-0.2, -0.15) is 0 Å². The van der Waals surface area contributed by atoms with Crippen LogP contribution in [0.4, 0.5) is 0 Å². The summed E-state index contributed by atoms with van der Waals surface area (Å²) in [6, 6.07) is 3.38. The first kappa shape index (κ1) is 9.07.